The second-order valence-corrected chi connectivity index (χ2v) is 7.87. The number of aliphatic hydroxyl groups is 1. The molecule has 0 unspecified atom stereocenters. The molecule has 2 aromatic carbocycles. The summed E-state index contributed by atoms with van der Waals surface area (Å²) in [5.41, 5.74) is 2.86. The van der Waals surface area contributed by atoms with Crippen LogP contribution in [0.5, 0.6) is 0 Å². The summed E-state index contributed by atoms with van der Waals surface area (Å²) in [7, 11) is 0. The number of fused-ring (bicyclic) bond motifs is 1. The van der Waals surface area contributed by atoms with E-state index in [-0.39, 0.29) is 24.1 Å². The minimum absolute atomic E-state index is 0.178. The van der Waals surface area contributed by atoms with Gasteiger partial charge in [0.1, 0.15) is 5.82 Å². The Kier molecular flexibility index (Phi) is 4.44. The lowest BCUT2D eigenvalue weighted by molar-refractivity contribution is 0.00582. The van der Waals surface area contributed by atoms with Crippen molar-refractivity contribution in [1.82, 2.24) is 10.2 Å². The first-order valence-corrected chi connectivity index (χ1v) is 9.35. The third kappa shape index (κ3) is 3.09. The number of carbonyl (C=O) groups excluding carboxylic acids is 2. The van der Waals surface area contributed by atoms with Gasteiger partial charge in [0, 0.05) is 40.8 Å². The van der Waals surface area contributed by atoms with Crippen molar-refractivity contribution in [2.45, 2.75) is 19.1 Å². The molecule has 0 aromatic heterocycles. The number of β-amino-alcohol motifs (C(OH)–C–C–N with tert-alkyl or cyclic N) is 1. The predicted octanol–water partition coefficient (Wildman–Crippen LogP) is 2.08. The monoisotopic (exact) mass is 466 g/mol. The van der Waals surface area contributed by atoms with E-state index < -0.39 is 6.10 Å². The van der Waals surface area contributed by atoms with E-state index in [2.05, 4.69) is 5.32 Å². The van der Waals surface area contributed by atoms with Crippen molar-refractivity contribution in [1.29, 1.82) is 0 Å². The molecule has 2 amide bonds. The molecule has 5 nitrogen and oxygen atoms in total. The third-order valence-corrected chi connectivity index (χ3v) is 5.46. The fourth-order valence-electron chi connectivity index (χ4n) is 3.32. The number of benzene rings is 2. The molecule has 2 aliphatic heterocycles. The second kappa shape index (κ2) is 6.62. The van der Waals surface area contributed by atoms with Crippen LogP contribution in [0.2, 0.25) is 0 Å². The normalized spacial score (nSPS) is 16.3. The van der Waals surface area contributed by atoms with Gasteiger partial charge in [-0.05, 0) is 63.5 Å². The first-order valence-electron chi connectivity index (χ1n) is 8.27. The van der Waals surface area contributed by atoms with Crippen molar-refractivity contribution in [2.24, 2.45) is 0 Å². The molecule has 2 N–H and O–H groups in total. The van der Waals surface area contributed by atoms with Crippen molar-refractivity contribution < 1.29 is 19.1 Å². The van der Waals surface area contributed by atoms with Crippen LogP contribution in [-0.2, 0) is 13.0 Å². The summed E-state index contributed by atoms with van der Waals surface area (Å²) in [6.45, 7) is 0.976. The molecule has 1 saturated heterocycles. The number of rotatable bonds is 3. The van der Waals surface area contributed by atoms with Gasteiger partial charge in [0.05, 0.1) is 6.10 Å². The molecule has 0 spiro atoms. The van der Waals surface area contributed by atoms with Gasteiger partial charge in [-0.1, -0.05) is 6.07 Å². The van der Waals surface area contributed by atoms with E-state index in [0.29, 0.717) is 41.9 Å². The Balaban J connectivity index is 1.74. The molecule has 0 aliphatic carbocycles. The number of amides is 2. The molecule has 1 fully saturated rings. The van der Waals surface area contributed by atoms with Crippen molar-refractivity contribution in [3.63, 3.8) is 0 Å². The molecule has 0 radical (unpaired) electrons. The number of nitrogens with one attached hydrogen (secondary N) is 1. The Morgan fingerprint density at radius 1 is 1.27 bits per heavy atom. The van der Waals surface area contributed by atoms with E-state index in [9.17, 15) is 19.1 Å². The fourth-order valence-corrected chi connectivity index (χ4v) is 3.78. The van der Waals surface area contributed by atoms with Crippen LogP contribution in [0.25, 0.3) is 0 Å². The Bertz CT molecular complexity index is 925. The summed E-state index contributed by atoms with van der Waals surface area (Å²) in [5, 5.41) is 12.2. The molecule has 0 saturated carbocycles. The molecule has 7 heteroatoms. The molecule has 2 aromatic rings. The van der Waals surface area contributed by atoms with Crippen LogP contribution < -0.4 is 5.32 Å². The molecule has 26 heavy (non-hydrogen) atoms. The molecular formula is C19H16FIN2O3. The number of halogens is 2. The van der Waals surface area contributed by atoms with Crippen molar-refractivity contribution >= 4 is 34.4 Å². The van der Waals surface area contributed by atoms with Gasteiger partial charge < -0.3 is 15.3 Å². The van der Waals surface area contributed by atoms with Crippen molar-refractivity contribution in [2.75, 3.05) is 13.1 Å². The summed E-state index contributed by atoms with van der Waals surface area (Å²) in [5.74, 6) is -0.708. The lowest BCUT2D eigenvalue weighted by atomic mass is 9.93. The van der Waals surface area contributed by atoms with Gasteiger partial charge in [-0.25, -0.2) is 4.39 Å². The quantitative estimate of drug-likeness (QED) is 0.681. The zero-order valence-electron chi connectivity index (χ0n) is 13.8. The molecule has 0 atom stereocenters. The van der Waals surface area contributed by atoms with Gasteiger partial charge in [-0.2, -0.15) is 0 Å². The van der Waals surface area contributed by atoms with Crippen LogP contribution in [0.4, 0.5) is 4.39 Å². The van der Waals surface area contributed by atoms with E-state index in [4.69, 9.17) is 0 Å². The van der Waals surface area contributed by atoms with Crippen LogP contribution in [0, 0.1) is 9.39 Å². The van der Waals surface area contributed by atoms with Crippen LogP contribution in [0.15, 0.2) is 30.3 Å². The summed E-state index contributed by atoms with van der Waals surface area (Å²) in [4.78, 5) is 26.4. The first-order chi connectivity index (χ1) is 12.4. The lowest BCUT2D eigenvalue weighted by Gasteiger charge is -2.36. The number of hydrogen-bond donors (Lipinski definition) is 2. The third-order valence-electron chi connectivity index (χ3n) is 4.79. The number of carbonyl (C=O) groups is 2. The number of nitrogens with zero attached hydrogens (tertiary/aromatic N) is 1. The van der Waals surface area contributed by atoms with Crippen LogP contribution in [0.1, 0.15) is 37.4 Å². The topological polar surface area (TPSA) is 69.6 Å². The summed E-state index contributed by atoms with van der Waals surface area (Å²) in [6.07, 6.45) is -0.269. The van der Waals surface area contributed by atoms with Crippen LogP contribution in [-0.4, -0.2) is 41.0 Å². The highest BCUT2D eigenvalue weighted by atomic mass is 127. The number of aliphatic hydroxyl groups excluding tert-OH is 1. The summed E-state index contributed by atoms with van der Waals surface area (Å²) in [6, 6.07) is 8.38. The van der Waals surface area contributed by atoms with Gasteiger partial charge in [-0.3, -0.25) is 9.59 Å². The van der Waals surface area contributed by atoms with Gasteiger partial charge in [0.15, 0.2) is 0 Å². The number of hydrogen-bond acceptors (Lipinski definition) is 3. The predicted molar refractivity (Wildman–Crippen MR) is 101 cm³/mol. The molecule has 2 heterocycles. The van der Waals surface area contributed by atoms with Gasteiger partial charge in [0.25, 0.3) is 11.8 Å². The molecular weight excluding hydrogens is 450 g/mol. The van der Waals surface area contributed by atoms with E-state index in [1.54, 1.807) is 23.1 Å². The van der Waals surface area contributed by atoms with Gasteiger partial charge in [-0.15, -0.1) is 0 Å². The minimum atomic E-state index is -0.492. The maximum atomic E-state index is 14.3. The van der Waals surface area contributed by atoms with E-state index in [1.807, 2.05) is 28.7 Å². The Labute approximate surface area is 163 Å². The van der Waals surface area contributed by atoms with E-state index in [1.165, 1.54) is 6.07 Å². The highest BCUT2D eigenvalue weighted by molar-refractivity contribution is 14.1. The summed E-state index contributed by atoms with van der Waals surface area (Å²) < 4.78 is 15.1. The van der Waals surface area contributed by atoms with E-state index >= 15 is 0 Å². The minimum Gasteiger partial charge on any atom is -0.389 e. The van der Waals surface area contributed by atoms with Gasteiger partial charge >= 0.3 is 0 Å². The zero-order valence-corrected chi connectivity index (χ0v) is 15.9. The molecule has 2 aliphatic rings. The standard InChI is InChI=1S/C19H16FIN2O3/c20-17-6-13(21)2-1-10(17)3-11-4-15-12(7-22-18(15)25)5-16(11)19(26)23-8-14(24)9-23/h1-2,4-6,14,24H,3,7-9H2,(H,22,25). The largest absolute Gasteiger partial charge is 0.389 e. The molecule has 4 rings (SSSR count). The van der Waals surface area contributed by atoms with Crippen molar-refractivity contribution in [3.05, 3.63) is 67.5 Å². The highest BCUT2D eigenvalue weighted by Gasteiger charge is 2.32. The van der Waals surface area contributed by atoms with Crippen LogP contribution >= 0.6 is 22.6 Å². The Morgan fingerprint density at radius 2 is 2.04 bits per heavy atom. The summed E-state index contributed by atoms with van der Waals surface area (Å²) >= 11 is 2.04. The average molecular weight is 466 g/mol. The highest BCUT2D eigenvalue weighted by Crippen LogP contribution is 2.27. The SMILES string of the molecule is O=C1NCc2cc(C(=O)N3CC(O)C3)c(Cc3ccc(I)cc3F)cc21. The van der Waals surface area contributed by atoms with Crippen LogP contribution in [0.3, 0.4) is 0 Å². The molecule has 0 bridgehead atoms. The Morgan fingerprint density at radius 3 is 2.73 bits per heavy atom. The number of likely N-dealkylation sites (tertiary alicyclic amines) is 1. The zero-order chi connectivity index (χ0) is 18.4. The maximum Gasteiger partial charge on any atom is 0.254 e. The smallest absolute Gasteiger partial charge is 0.254 e. The molecule has 134 valence electrons. The first kappa shape index (κ1) is 17.4. The van der Waals surface area contributed by atoms with Gasteiger partial charge in [0.2, 0.25) is 0 Å². The van der Waals surface area contributed by atoms with Crippen molar-refractivity contribution in [3.8, 4) is 0 Å². The fraction of sp³-hybridized carbons (Fsp3) is 0.263. The Hall–Kier alpha value is -2.00. The maximum absolute atomic E-state index is 14.3. The average Bonchev–Trinajstić information content (AvgIpc) is 2.94. The van der Waals surface area contributed by atoms with E-state index in [0.717, 1.165) is 9.13 Å². The lowest BCUT2D eigenvalue weighted by Crippen LogP contribution is -2.53. The second-order valence-electron chi connectivity index (χ2n) is 6.63.